The third-order valence-corrected chi connectivity index (χ3v) is 4.52. The lowest BCUT2D eigenvalue weighted by molar-refractivity contribution is 0.354. The summed E-state index contributed by atoms with van der Waals surface area (Å²) in [5.74, 6) is 1.81. The highest BCUT2D eigenvalue weighted by atomic mass is 79.9. The van der Waals surface area contributed by atoms with E-state index in [4.69, 9.17) is 9.47 Å². The fourth-order valence-corrected chi connectivity index (χ4v) is 2.90. The summed E-state index contributed by atoms with van der Waals surface area (Å²) in [5, 5.41) is 7.30. The molecular formula is C17H22BrN3O3. The van der Waals surface area contributed by atoms with Crippen LogP contribution in [0.4, 0.5) is 5.69 Å². The number of nitrogens with zero attached hydrogens (tertiary/aromatic N) is 2. The number of aryl methyl sites for hydroxylation is 1. The predicted octanol–water partition coefficient (Wildman–Crippen LogP) is 2.85. The summed E-state index contributed by atoms with van der Waals surface area (Å²) in [5.41, 5.74) is 1.72. The number of hydrogen-bond acceptors (Lipinski definition) is 5. The van der Waals surface area contributed by atoms with Crippen molar-refractivity contribution < 1.29 is 9.47 Å². The Morgan fingerprint density at radius 3 is 2.67 bits per heavy atom. The molecular weight excluding hydrogens is 374 g/mol. The van der Waals surface area contributed by atoms with E-state index in [0.29, 0.717) is 16.1 Å². The molecule has 1 unspecified atom stereocenters. The van der Waals surface area contributed by atoms with E-state index in [1.807, 2.05) is 18.2 Å². The number of halogens is 1. The SMILES string of the molecule is COc1ccc(CC(C)CNc2cnn(C)c(=O)c2Br)cc1OC. The van der Waals surface area contributed by atoms with Gasteiger partial charge in [0.15, 0.2) is 11.5 Å². The van der Waals surface area contributed by atoms with E-state index >= 15 is 0 Å². The molecule has 1 heterocycles. The molecule has 0 saturated heterocycles. The molecule has 130 valence electrons. The summed E-state index contributed by atoms with van der Waals surface area (Å²) in [4.78, 5) is 11.8. The van der Waals surface area contributed by atoms with Crippen molar-refractivity contribution in [2.24, 2.45) is 13.0 Å². The van der Waals surface area contributed by atoms with E-state index < -0.39 is 0 Å². The van der Waals surface area contributed by atoms with E-state index in [1.54, 1.807) is 27.5 Å². The van der Waals surface area contributed by atoms with Crippen LogP contribution in [0, 0.1) is 5.92 Å². The van der Waals surface area contributed by atoms with Crippen molar-refractivity contribution >= 4 is 21.6 Å². The van der Waals surface area contributed by atoms with Crippen LogP contribution in [0.5, 0.6) is 11.5 Å². The van der Waals surface area contributed by atoms with Crippen molar-refractivity contribution in [3.05, 3.63) is 44.8 Å². The molecule has 1 aromatic heterocycles. The van der Waals surface area contributed by atoms with E-state index in [9.17, 15) is 4.79 Å². The summed E-state index contributed by atoms with van der Waals surface area (Å²) < 4.78 is 12.4. The van der Waals surface area contributed by atoms with Gasteiger partial charge in [0.05, 0.1) is 26.1 Å². The molecule has 0 fully saturated rings. The Hall–Kier alpha value is -2.02. The minimum Gasteiger partial charge on any atom is -0.493 e. The third-order valence-electron chi connectivity index (χ3n) is 3.75. The molecule has 6 nitrogen and oxygen atoms in total. The number of benzene rings is 1. The van der Waals surface area contributed by atoms with Crippen LogP contribution in [0.3, 0.4) is 0 Å². The number of anilines is 1. The Labute approximate surface area is 149 Å². The first-order valence-corrected chi connectivity index (χ1v) is 8.42. The highest BCUT2D eigenvalue weighted by molar-refractivity contribution is 9.10. The minimum atomic E-state index is -0.160. The molecule has 0 aliphatic heterocycles. The van der Waals surface area contributed by atoms with Crippen LogP contribution in [-0.2, 0) is 13.5 Å². The van der Waals surface area contributed by atoms with Gasteiger partial charge >= 0.3 is 0 Å². The molecule has 0 aliphatic rings. The number of nitrogens with one attached hydrogen (secondary N) is 1. The van der Waals surface area contributed by atoms with Gasteiger partial charge in [0.2, 0.25) is 0 Å². The van der Waals surface area contributed by atoms with Gasteiger partial charge < -0.3 is 14.8 Å². The normalized spacial score (nSPS) is 11.9. The van der Waals surface area contributed by atoms with E-state index in [0.717, 1.165) is 24.5 Å². The van der Waals surface area contributed by atoms with Crippen molar-refractivity contribution in [3.63, 3.8) is 0 Å². The van der Waals surface area contributed by atoms with Gasteiger partial charge in [0.1, 0.15) is 4.47 Å². The van der Waals surface area contributed by atoms with Gasteiger partial charge in [0, 0.05) is 13.6 Å². The maximum atomic E-state index is 11.8. The summed E-state index contributed by atoms with van der Waals surface area (Å²) in [6, 6.07) is 5.94. The van der Waals surface area contributed by atoms with Crippen molar-refractivity contribution in [2.75, 3.05) is 26.1 Å². The molecule has 0 amide bonds. The molecule has 1 N–H and O–H groups in total. The largest absolute Gasteiger partial charge is 0.493 e. The number of hydrogen-bond donors (Lipinski definition) is 1. The molecule has 0 spiro atoms. The van der Waals surface area contributed by atoms with Crippen LogP contribution in [0.2, 0.25) is 0 Å². The van der Waals surface area contributed by atoms with Crippen LogP contribution < -0.4 is 20.3 Å². The lowest BCUT2D eigenvalue weighted by atomic mass is 10.0. The zero-order chi connectivity index (χ0) is 17.7. The smallest absolute Gasteiger partial charge is 0.282 e. The van der Waals surface area contributed by atoms with E-state index in [1.165, 1.54) is 10.2 Å². The number of rotatable bonds is 7. The average molecular weight is 396 g/mol. The zero-order valence-electron chi connectivity index (χ0n) is 14.3. The summed E-state index contributed by atoms with van der Waals surface area (Å²) in [6.07, 6.45) is 2.53. The lowest BCUT2D eigenvalue weighted by Crippen LogP contribution is -2.22. The fourth-order valence-electron chi connectivity index (χ4n) is 2.40. The molecule has 0 bridgehead atoms. The van der Waals surface area contributed by atoms with Gasteiger partial charge in [0.25, 0.3) is 5.56 Å². The highest BCUT2D eigenvalue weighted by Gasteiger charge is 2.11. The van der Waals surface area contributed by atoms with Crippen LogP contribution >= 0.6 is 15.9 Å². The monoisotopic (exact) mass is 395 g/mol. The van der Waals surface area contributed by atoms with Crippen LogP contribution in [0.1, 0.15) is 12.5 Å². The lowest BCUT2D eigenvalue weighted by Gasteiger charge is -2.16. The van der Waals surface area contributed by atoms with E-state index in [2.05, 4.69) is 33.3 Å². The molecule has 24 heavy (non-hydrogen) atoms. The predicted molar refractivity (Wildman–Crippen MR) is 98.1 cm³/mol. The van der Waals surface area contributed by atoms with Crippen LogP contribution in [0.15, 0.2) is 33.7 Å². The molecule has 0 saturated carbocycles. The van der Waals surface area contributed by atoms with Gasteiger partial charge in [-0.05, 0) is 46.0 Å². The third kappa shape index (κ3) is 4.29. The average Bonchev–Trinajstić information content (AvgIpc) is 2.59. The molecule has 0 radical (unpaired) electrons. The Bertz CT molecular complexity index is 761. The highest BCUT2D eigenvalue weighted by Crippen LogP contribution is 2.28. The summed E-state index contributed by atoms with van der Waals surface area (Å²) in [7, 11) is 4.88. The Morgan fingerprint density at radius 2 is 2.00 bits per heavy atom. The van der Waals surface area contributed by atoms with Crippen molar-refractivity contribution in [3.8, 4) is 11.5 Å². The Balaban J connectivity index is 2.00. The molecule has 0 aliphatic carbocycles. The minimum absolute atomic E-state index is 0.160. The van der Waals surface area contributed by atoms with Gasteiger partial charge in [-0.3, -0.25) is 4.79 Å². The first-order chi connectivity index (χ1) is 11.5. The van der Waals surface area contributed by atoms with Crippen molar-refractivity contribution in [1.82, 2.24) is 9.78 Å². The van der Waals surface area contributed by atoms with Gasteiger partial charge in [-0.1, -0.05) is 13.0 Å². The molecule has 7 heteroatoms. The number of methoxy groups -OCH3 is 2. The Kier molecular flexibility index (Phi) is 6.25. The van der Waals surface area contributed by atoms with E-state index in [-0.39, 0.29) is 5.56 Å². The quantitative estimate of drug-likeness (QED) is 0.780. The molecule has 2 rings (SSSR count). The van der Waals surface area contributed by atoms with Gasteiger partial charge in [-0.25, -0.2) is 4.68 Å². The fraction of sp³-hybridized carbons (Fsp3) is 0.412. The maximum Gasteiger partial charge on any atom is 0.282 e. The number of ether oxygens (including phenoxy) is 2. The van der Waals surface area contributed by atoms with Crippen molar-refractivity contribution in [2.45, 2.75) is 13.3 Å². The second kappa shape index (κ2) is 8.19. The maximum absolute atomic E-state index is 11.8. The summed E-state index contributed by atoms with van der Waals surface area (Å²) in [6.45, 7) is 2.87. The Morgan fingerprint density at radius 1 is 1.29 bits per heavy atom. The summed E-state index contributed by atoms with van der Waals surface area (Å²) >= 11 is 3.32. The van der Waals surface area contributed by atoms with Crippen molar-refractivity contribution in [1.29, 1.82) is 0 Å². The zero-order valence-corrected chi connectivity index (χ0v) is 15.9. The van der Waals surface area contributed by atoms with Gasteiger partial charge in [-0.15, -0.1) is 0 Å². The first-order valence-electron chi connectivity index (χ1n) is 7.62. The second-order valence-corrected chi connectivity index (χ2v) is 6.47. The molecule has 2 aromatic rings. The molecule has 1 aromatic carbocycles. The topological polar surface area (TPSA) is 65.4 Å². The molecule has 1 atom stereocenters. The van der Waals surface area contributed by atoms with Crippen LogP contribution in [0.25, 0.3) is 0 Å². The van der Waals surface area contributed by atoms with Crippen LogP contribution in [-0.4, -0.2) is 30.5 Å². The number of aromatic nitrogens is 2. The second-order valence-electron chi connectivity index (χ2n) is 5.68. The van der Waals surface area contributed by atoms with Gasteiger partial charge in [-0.2, -0.15) is 5.10 Å². The standard InChI is InChI=1S/C17H22BrN3O3/c1-11(7-12-5-6-14(23-3)15(8-12)24-4)9-19-13-10-20-21(2)17(22)16(13)18/h5-6,8,10-11,19H,7,9H2,1-4H3. The first kappa shape index (κ1) is 18.3.